The summed E-state index contributed by atoms with van der Waals surface area (Å²) in [6.45, 7) is 1.65. The van der Waals surface area contributed by atoms with Gasteiger partial charge in [0.05, 0.1) is 10.6 Å². The lowest BCUT2D eigenvalue weighted by molar-refractivity contribution is -0.140. The number of carbonyl (C=O) groups excluding carboxylic acids is 2. The van der Waals surface area contributed by atoms with Crippen LogP contribution in [0.3, 0.4) is 0 Å². The van der Waals surface area contributed by atoms with Crippen molar-refractivity contribution in [2.75, 3.05) is 10.8 Å². The number of nitrogens with one attached hydrogen (secondary N) is 1. The number of amides is 2. The molecule has 4 aromatic carbocycles. The van der Waals surface area contributed by atoms with Gasteiger partial charge in [-0.1, -0.05) is 113 Å². The second-order valence-corrected chi connectivity index (χ2v) is 14.3. The third kappa shape index (κ3) is 8.41. The van der Waals surface area contributed by atoms with E-state index in [1.165, 1.54) is 12.1 Å². The van der Waals surface area contributed by atoms with E-state index < -0.39 is 28.5 Å². The fraction of sp³-hybridized carbons (Fsp3) is 0.278. The Kier molecular flexibility index (Phi) is 10.7. The Morgan fingerprint density at radius 1 is 0.844 bits per heavy atom. The predicted octanol–water partition coefficient (Wildman–Crippen LogP) is 6.65. The Balaban J connectivity index is 1.56. The van der Waals surface area contributed by atoms with Gasteiger partial charge in [-0.25, -0.2) is 8.42 Å². The van der Waals surface area contributed by atoms with Gasteiger partial charge in [-0.3, -0.25) is 13.9 Å². The molecular formula is C36H38BrN3O4S. The van der Waals surface area contributed by atoms with Crippen molar-refractivity contribution < 1.29 is 18.0 Å². The van der Waals surface area contributed by atoms with E-state index in [-0.39, 0.29) is 23.4 Å². The SMILES string of the molecule is Cc1ccc(CN(C(=O)CN(c2cccc(Br)c2)S(=O)(=O)c2ccccc2)[C@H](Cc2ccccc2)C(=O)NC2CCCC2)cc1. The van der Waals surface area contributed by atoms with Crippen LogP contribution in [0.25, 0.3) is 0 Å². The van der Waals surface area contributed by atoms with Crippen molar-refractivity contribution >= 4 is 43.5 Å². The molecule has 0 bridgehead atoms. The second kappa shape index (κ2) is 14.9. The number of benzene rings is 4. The number of hydrogen-bond acceptors (Lipinski definition) is 4. The zero-order valence-electron chi connectivity index (χ0n) is 25.3. The highest BCUT2D eigenvalue weighted by molar-refractivity contribution is 9.10. The van der Waals surface area contributed by atoms with Gasteiger partial charge in [-0.2, -0.15) is 0 Å². The van der Waals surface area contributed by atoms with Crippen molar-refractivity contribution in [3.05, 3.63) is 130 Å². The molecule has 0 radical (unpaired) electrons. The summed E-state index contributed by atoms with van der Waals surface area (Å²) in [5, 5.41) is 3.21. The van der Waals surface area contributed by atoms with E-state index in [1.54, 1.807) is 47.4 Å². The fourth-order valence-electron chi connectivity index (χ4n) is 5.69. The monoisotopic (exact) mass is 687 g/mol. The highest BCUT2D eigenvalue weighted by atomic mass is 79.9. The zero-order valence-corrected chi connectivity index (χ0v) is 27.7. The Hall–Kier alpha value is -3.95. The number of aryl methyl sites for hydroxylation is 1. The van der Waals surface area contributed by atoms with Crippen LogP contribution in [0.2, 0.25) is 0 Å². The van der Waals surface area contributed by atoms with Crippen LogP contribution in [0.15, 0.2) is 119 Å². The summed E-state index contributed by atoms with van der Waals surface area (Å²) < 4.78 is 30.0. The van der Waals surface area contributed by atoms with Crippen LogP contribution in [0.4, 0.5) is 5.69 Å². The normalized spacial score (nSPS) is 14.1. The first kappa shape index (κ1) is 32.4. The number of sulfonamides is 1. The first-order valence-electron chi connectivity index (χ1n) is 15.2. The van der Waals surface area contributed by atoms with E-state index >= 15 is 0 Å². The molecule has 1 aliphatic carbocycles. The number of anilines is 1. The first-order valence-corrected chi connectivity index (χ1v) is 17.5. The highest BCUT2D eigenvalue weighted by Crippen LogP contribution is 2.27. The van der Waals surface area contributed by atoms with E-state index in [9.17, 15) is 18.0 Å². The van der Waals surface area contributed by atoms with Gasteiger partial charge in [0.25, 0.3) is 10.0 Å². The lowest BCUT2D eigenvalue weighted by Crippen LogP contribution is -2.54. The van der Waals surface area contributed by atoms with Gasteiger partial charge in [0, 0.05) is 23.5 Å². The molecular weight excluding hydrogens is 650 g/mol. The minimum absolute atomic E-state index is 0.0590. The summed E-state index contributed by atoms with van der Waals surface area (Å²) >= 11 is 3.45. The molecule has 45 heavy (non-hydrogen) atoms. The highest BCUT2D eigenvalue weighted by Gasteiger charge is 2.35. The summed E-state index contributed by atoms with van der Waals surface area (Å²) in [6.07, 6.45) is 4.21. The van der Waals surface area contributed by atoms with E-state index in [2.05, 4.69) is 21.2 Å². The summed E-state index contributed by atoms with van der Waals surface area (Å²) in [4.78, 5) is 30.3. The van der Waals surface area contributed by atoms with Crippen molar-refractivity contribution in [1.29, 1.82) is 0 Å². The van der Waals surface area contributed by atoms with E-state index in [0.717, 1.165) is 46.7 Å². The molecule has 4 aromatic rings. The van der Waals surface area contributed by atoms with Crippen LogP contribution in [-0.4, -0.2) is 43.8 Å². The Morgan fingerprint density at radius 3 is 2.13 bits per heavy atom. The molecule has 9 heteroatoms. The molecule has 1 fully saturated rings. The fourth-order valence-corrected chi connectivity index (χ4v) is 7.51. The third-order valence-electron chi connectivity index (χ3n) is 8.15. The van der Waals surface area contributed by atoms with Gasteiger partial charge in [-0.05, 0) is 61.2 Å². The first-order chi connectivity index (χ1) is 21.7. The maximum atomic E-state index is 14.6. The maximum Gasteiger partial charge on any atom is 0.264 e. The minimum Gasteiger partial charge on any atom is -0.352 e. The molecule has 1 aliphatic rings. The molecule has 0 aromatic heterocycles. The summed E-state index contributed by atoms with van der Waals surface area (Å²) in [6, 6.07) is 31.6. The Bertz CT molecular complexity index is 1690. The number of halogens is 1. The molecule has 0 heterocycles. The number of rotatable bonds is 12. The van der Waals surface area contributed by atoms with Gasteiger partial charge < -0.3 is 10.2 Å². The van der Waals surface area contributed by atoms with Crippen LogP contribution >= 0.6 is 15.9 Å². The molecule has 2 amide bonds. The minimum atomic E-state index is -4.14. The van der Waals surface area contributed by atoms with E-state index in [1.807, 2.05) is 61.5 Å². The van der Waals surface area contributed by atoms with Gasteiger partial charge in [-0.15, -0.1) is 0 Å². The number of nitrogens with zero attached hydrogens (tertiary/aromatic N) is 2. The van der Waals surface area contributed by atoms with Crippen LogP contribution < -0.4 is 9.62 Å². The molecule has 234 valence electrons. The molecule has 0 unspecified atom stereocenters. The lowest BCUT2D eigenvalue weighted by atomic mass is 10.0. The van der Waals surface area contributed by atoms with Crippen LogP contribution in [0, 0.1) is 6.92 Å². The molecule has 1 N–H and O–H groups in total. The summed E-state index contributed by atoms with van der Waals surface area (Å²) in [7, 11) is -4.14. The second-order valence-electron chi connectivity index (χ2n) is 11.5. The standard InChI is InChI=1S/C36H38BrN3O4S/c1-27-19-21-29(22-20-27)25-39(34(23-28-11-4-2-5-12-28)36(42)38-31-14-8-9-15-31)35(41)26-40(32-16-10-13-30(37)24-32)45(43,44)33-17-6-3-7-18-33/h2-7,10-13,16-22,24,31,34H,8-9,14-15,23,25-26H2,1H3,(H,38,42)/t34-/m1/s1. The van der Waals surface area contributed by atoms with Crippen LogP contribution in [0.5, 0.6) is 0 Å². The lowest BCUT2D eigenvalue weighted by Gasteiger charge is -2.34. The van der Waals surface area contributed by atoms with Crippen LogP contribution in [-0.2, 0) is 32.6 Å². The molecule has 7 nitrogen and oxygen atoms in total. The van der Waals surface area contributed by atoms with Crippen LogP contribution in [0.1, 0.15) is 42.4 Å². The average Bonchev–Trinajstić information content (AvgIpc) is 3.56. The van der Waals surface area contributed by atoms with Crippen molar-refractivity contribution in [3.8, 4) is 0 Å². The number of carbonyl (C=O) groups is 2. The Labute approximate surface area is 274 Å². The molecule has 5 rings (SSSR count). The summed E-state index contributed by atoms with van der Waals surface area (Å²) in [5.41, 5.74) is 3.17. The van der Waals surface area contributed by atoms with Crippen molar-refractivity contribution in [2.45, 2.75) is 62.6 Å². The van der Waals surface area contributed by atoms with E-state index in [0.29, 0.717) is 16.6 Å². The van der Waals surface area contributed by atoms with E-state index in [4.69, 9.17) is 0 Å². The molecule has 0 saturated heterocycles. The van der Waals surface area contributed by atoms with Gasteiger partial charge in [0.15, 0.2) is 0 Å². The quantitative estimate of drug-likeness (QED) is 0.181. The van der Waals surface area contributed by atoms with Gasteiger partial charge in [0.1, 0.15) is 12.6 Å². The summed E-state index contributed by atoms with van der Waals surface area (Å²) in [5.74, 6) is -0.705. The van der Waals surface area contributed by atoms with Crippen molar-refractivity contribution in [3.63, 3.8) is 0 Å². The van der Waals surface area contributed by atoms with Gasteiger partial charge in [0.2, 0.25) is 11.8 Å². The molecule has 0 spiro atoms. The zero-order chi connectivity index (χ0) is 31.8. The molecule has 0 aliphatic heterocycles. The molecule has 1 saturated carbocycles. The maximum absolute atomic E-state index is 14.6. The topological polar surface area (TPSA) is 86.8 Å². The largest absolute Gasteiger partial charge is 0.352 e. The van der Waals surface area contributed by atoms with Crippen molar-refractivity contribution in [1.82, 2.24) is 10.2 Å². The molecule has 1 atom stereocenters. The average molecular weight is 689 g/mol. The third-order valence-corrected chi connectivity index (χ3v) is 10.4. The predicted molar refractivity (Wildman–Crippen MR) is 181 cm³/mol. The number of hydrogen-bond donors (Lipinski definition) is 1. The Morgan fingerprint density at radius 2 is 1.49 bits per heavy atom. The van der Waals surface area contributed by atoms with Crippen molar-refractivity contribution in [2.24, 2.45) is 0 Å². The smallest absolute Gasteiger partial charge is 0.264 e. The van der Waals surface area contributed by atoms with Gasteiger partial charge >= 0.3 is 0 Å².